The zero-order chi connectivity index (χ0) is 15.9. The van der Waals surface area contributed by atoms with E-state index in [1.54, 1.807) is 12.1 Å². The summed E-state index contributed by atoms with van der Waals surface area (Å²) in [5, 5.41) is 24.0. The van der Waals surface area contributed by atoms with Gasteiger partial charge in [-0.1, -0.05) is 46.8 Å². The van der Waals surface area contributed by atoms with Crippen LogP contribution in [-0.2, 0) is 17.1 Å². The van der Waals surface area contributed by atoms with Crippen molar-refractivity contribution in [2.75, 3.05) is 13.1 Å². The summed E-state index contributed by atoms with van der Waals surface area (Å²) in [6.45, 7) is 0.800. The van der Waals surface area contributed by atoms with E-state index < -0.39 is 0 Å². The molecule has 0 N–H and O–H groups in total. The molecule has 2 aromatic carbocycles. The predicted octanol–water partition coefficient (Wildman–Crippen LogP) is -0.320. The second-order valence-electron chi connectivity index (χ2n) is 4.43. The first kappa shape index (κ1) is 22.8. The molecule has 0 atom stereocenters. The molecule has 0 aliphatic heterocycles. The van der Waals surface area contributed by atoms with E-state index in [9.17, 15) is 10.2 Å². The molecular formula is C16H12Cl3MnN2O2. The molecule has 24 heavy (non-hydrogen) atoms. The van der Waals surface area contributed by atoms with Crippen molar-refractivity contribution >= 4 is 35.6 Å². The molecule has 0 spiro atoms. The fraction of sp³-hybridized carbons (Fsp3) is 0.125. The van der Waals surface area contributed by atoms with Crippen LogP contribution < -0.4 is 22.6 Å². The molecule has 126 valence electrons. The van der Waals surface area contributed by atoms with E-state index in [0.717, 1.165) is 0 Å². The van der Waals surface area contributed by atoms with E-state index in [0.29, 0.717) is 34.3 Å². The van der Waals surface area contributed by atoms with Crippen LogP contribution in [-0.4, -0.2) is 25.5 Å². The molecule has 2 rings (SSSR count). The van der Waals surface area contributed by atoms with Gasteiger partial charge in [0.05, 0.1) is 13.1 Å². The average molecular weight is 426 g/mol. The van der Waals surface area contributed by atoms with Crippen LogP contribution >= 0.6 is 23.2 Å². The number of nitrogens with zero attached hydrogens (tertiary/aromatic N) is 2. The summed E-state index contributed by atoms with van der Waals surface area (Å²) in [6.07, 6.45) is 2.95. The third-order valence-corrected chi connectivity index (χ3v) is 3.23. The number of halogens is 3. The van der Waals surface area contributed by atoms with Crippen molar-refractivity contribution in [3.05, 3.63) is 57.6 Å². The van der Waals surface area contributed by atoms with Crippen molar-refractivity contribution < 1.29 is 39.7 Å². The molecule has 2 aromatic rings. The monoisotopic (exact) mass is 424 g/mol. The van der Waals surface area contributed by atoms with Crippen LogP contribution in [0.2, 0.25) is 10.0 Å². The summed E-state index contributed by atoms with van der Waals surface area (Å²) in [5.74, 6) is -0.266. The molecule has 0 aliphatic rings. The number of aliphatic imine (C=N–C) groups is 2. The quantitative estimate of drug-likeness (QED) is 0.374. The average Bonchev–Trinajstić information content (AvgIpc) is 2.49. The second kappa shape index (κ2) is 11.3. The summed E-state index contributed by atoms with van der Waals surface area (Å²) in [7, 11) is 0. The summed E-state index contributed by atoms with van der Waals surface area (Å²) < 4.78 is 0. The fourth-order valence-electron chi connectivity index (χ4n) is 1.68. The summed E-state index contributed by atoms with van der Waals surface area (Å²) in [6, 6.07) is 9.00. The number of hydrogen-bond donors (Lipinski definition) is 0. The Labute approximate surface area is 167 Å². The molecule has 0 bridgehead atoms. The van der Waals surface area contributed by atoms with Crippen molar-refractivity contribution in [3.63, 3.8) is 0 Å². The van der Waals surface area contributed by atoms with Gasteiger partial charge in [0, 0.05) is 22.5 Å². The zero-order valence-electron chi connectivity index (χ0n) is 12.3. The molecule has 0 radical (unpaired) electrons. The van der Waals surface area contributed by atoms with E-state index in [-0.39, 0.29) is 41.0 Å². The minimum Gasteiger partial charge on any atom is -1.00 e. The van der Waals surface area contributed by atoms with Crippen LogP contribution in [0.3, 0.4) is 0 Å². The Bertz CT molecular complexity index is 663. The van der Waals surface area contributed by atoms with Gasteiger partial charge in [-0.15, -0.1) is 0 Å². The molecule has 0 aliphatic carbocycles. The number of hydrogen-bond acceptors (Lipinski definition) is 4. The standard InChI is InChI=1S/C16H14Cl2N2O2.ClH.Mn/c17-13-1-3-15(21)11(7-13)9-19-5-6-20-10-12-8-14(18)2-4-16(12)22;;/h1-4,7-10,21-22H,5-6H2;1H;/q;;+3/p-3. The molecule has 4 nitrogen and oxygen atoms in total. The third kappa shape index (κ3) is 7.12. The Hall–Kier alpha value is -1.23. The van der Waals surface area contributed by atoms with Gasteiger partial charge in [-0.25, -0.2) is 0 Å². The number of rotatable bonds is 5. The van der Waals surface area contributed by atoms with E-state index >= 15 is 0 Å². The maximum absolute atomic E-state index is 11.5. The maximum Gasteiger partial charge on any atom is 3.00 e. The van der Waals surface area contributed by atoms with E-state index in [2.05, 4.69) is 9.98 Å². The third-order valence-electron chi connectivity index (χ3n) is 2.76. The van der Waals surface area contributed by atoms with Gasteiger partial charge in [0.2, 0.25) is 0 Å². The van der Waals surface area contributed by atoms with Gasteiger partial charge in [-0.3, -0.25) is 9.98 Å². The van der Waals surface area contributed by atoms with Crippen LogP contribution in [0.25, 0.3) is 0 Å². The molecule has 0 amide bonds. The molecule has 0 heterocycles. The van der Waals surface area contributed by atoms with Gasteiger partial charge in [-0.05, 0) is 35.4 Å². The normalized spacial score (nSPS) is 10.6. The van der Waals surface area contributed by atoms with Gasteiger partial charge in [0.25, 0.3) is 0 Å². The summed E-state index contributed by atoms with van der Waals surface area (Å²) in [5.41, 5.74) is 0.876. The minimum absolute atomic E-state index is 0. The zero-order valence-corrected chi connectivity index (χ0v) is 15.7. The van der Waals surface area contributed by atoms with E-state index in [4.69, 9.17) is 23.2 Å². The Kier molecular flexibility index (Phi) is 10.8. The SMILES string of the molecule is [Cl-].[Mn+3].[O-]c1ccc(Cl)cc1C=NCCN=Cc1cc(Cl)ccc1[O-]. The molecule has 0 saturated heterocycles. The molecule has 0 unspecified atom stereocenters. The smallest absolute Gasteiger partial charge is 1.00 e. The van der Waals surface area contributed by atoms with Crippen molar-refractivity contribution in [3.8, 4) is 11.5 Å². The predicted molar refractivity (Wildman–Crippen MR) is 86.7 cm³/mol. The summed E-state index contributed by atoms with van der Waals surface area (Å²) in [4.78, 5) is 8.23. The molecule has 0 fully saturated rings. The molecular weight excluding hydrogens is 413 g/mol. The van der Waals surface area contributed by atoms with Gasteiger partial charge in [0.1, 0.15) is 0 Å². The van der Waals surface area contributed by atoms with E-state index in [1.165, 1.54) is 36.7 Å². The van der Waals surface area contributed by atoms with Crippen LogP contribution in [0.15, 0.2) is 46.4 Å². The Morgan fingerprint density at radius 1 is 0.792 bits per heavy atom. The van der Waals surface area contributed by atoms with E-state index in [1.807, 2.05) is 0 Å². The van der Waals surface area contributed by atoms with Crippen molar-refractivity contribution in [2.24, 2.45) is 9.98 Å². The van der Waals surface area contributed by atoms with Crippen molar-refractivity contribution in [1.82, 2.24) is 0 Å². The summed E-state index contributed by atoms with van der Waals surface area (Å²) >= 11 is 11.6. The fourth-order valence-corrected chi connectivity index (χ4v) is 2.04. The molecule has 0 aromatic heterocycles. The van der Waals surface area contributed by atoms with Gasteiger partial charge >= 0.3 is 17.1 Å². The second-order valence-corrected chi connectivity index (χ2v) is 5.31. The Morgan fingerprint density at radius 3 is 1.54 bits per heavy atom. The minimum atomic E-state index is -0.133. The van der Waals surface area contributed by atoms with Crippen molar-refractivity contribution in [1.29, 1.82) is 0 Å². The number of benzene rings is 2. The maximum atomic E-state index is 11.5. The Morgan fingerprint density at radius 2 is 1.17 bits per heavy atom. The Balaban J connectivity index is 0.00000264. The van der Waals surface area contributed by atoms with Crippen LogP contribution in [0.1, 0.15) is 11.1 Å². The first-order chi connectivity index (χ1) is 10.6. The topological polar surface area (TPSA) is 70.8 Å². The van der Waals surface area contributed by atoms with Crippen LogP contribution in [0.4, 0.5) is 0 Å². The first-order valence-electron chi connectivity index (χ1n) is 6.49. The van der Waals surface area contributed by atoms with Crippen molar-refractivity contribution in [2.45, 2.75) is 0 Å². The largest absolute Gasteiger partial charge is 3.00 e. The van der Waals surface area contributed by atoms with Gasteiger partial charge in [-0.2, -0.15) is 0 Å². The first-order valence-corrected chi connectivity index (χ1v) is 7.24. The molecule has 8 heteroatoms. The molecule has 0 saturated carbocycles. The van der Waals surface area contributed by atoms with Gasteiger partial charge in [0.15, 0.2) is 0 Å². The van der Waals surface area contributed by atoms with Crippen LogP contribution in [0, 0.1) is 0 Å². The van der Waals surface area contributed by atoms with Crippen LogP contribution in [0.5, 0.6) is 11.5 Å². The van der Waals surface area contributed by atoms with Gasteiger partial charge < -0.3 is 22.6 Å².